The van der Waals surface area contributed by atoms with Gasteiger partial charge in [0.25, 0.3) is 5.95 Å². The van der Waals surface area contributed by atoms with Crippen LogP contribution in [0.15, 0.2) is 4.52 Å². The molecule has 1 aromatic rings. The number of ketones is 1. The first-order chi connectivity index (χ1) is 6.66. The number of nitrogens with zero attached hydrogens (tertiary/aromatic N) is 3. The van der Waals surface area contributed by atoms with Crippen molar-refractivity contribution in [3.63, 3.8) is 0 Å². The molecule has 0 saturated heterocycles. The highest BCUT2D eigenvalue weighted by Crippen LogP contribution is 2.30. The molecular weight excluding hydrogens is 182 g/mol. The number of carbonyl (C=O) groups excluding carboxylic acids is 1. The molecule has 76 valence electrons. The van der Waals surface area contributed by atoms with Gasteiger partial charge in [-0.15, -0.1) is 0 Å². The van der Waals surface area contributed by atoms with Crippen LogP contribution in [0, 0.1) is 5.92 Å². The molecule has 0 spiro atoms. The summed E-state index contributed by atoms with van der Waals surface area (Å²) < 4.78 is 4.95. The Morgan fingerprint density at radius 1 is 1.57 bits per heavy atom. The molecule has 0 atom stereocenters. The fourth-order valence-corrected chi connectivity index (χ4v) is 1.20. The van der Waals surface area contributed by atoms with E-state index in [1.165, 1.54) is 0 Å². The highest BCUT2D eigenvalue weighted by atomic mass is 16.5. The first kappa shape index (κ1) is 9.18. The van der Waals surface area contributed by atoms with Crippen molar-refractivity contribution in [3.8, 4) is 0 Å². The zero-order valence-electron chi connectivity index (χ0n) is 8.36. The fourth-order valence-electron chi connectivity index (χ4n) is 1.20. The van der Waals surface area contributed by atoms with Crippen molar-refractivity contribution in [3.05, 3.63) is 5.89 Å². The molecule has 5 nitrogen and oxygen atoms in total. The molecule has 2 rings (SSSR count). The van der Waals surface area contributed by atoms with Crippen molar-refractivity contribution in [2.45, 2.75) is 19.3 Å². The second kappa shape index (κ2) is 3.40. The molecule has 1 aliphatic rings. The fraction of sp³-hybridized carbons (Fsp3) is 0.667. The average Bonchev–Trinajstić information content (AvgIpc) is 2.87. The summed E-state index contributed by atoms with van der Waals surface area (Å²) in [6.45, 7) is 0. The monoisotopic (exact) mass is 195 g/mol. The highest BCUT2D eigenvalue weighted by molar-refractivity contribution is 5.84. The smallest absolute Gasteiger partial charge is 0.265 e. The Morgan fingerprint density at radius 3 is 2.79 bits per heavy atom. The van der Waals surface area contributed by atoms with Crippen molar-refractivity contribution in [1.29, 1.82) is 0 Å². The molecule has 1 aromatic heterocycles. The number of rotatable bonds is 4. The second-order valence-corrected chi connectivity index (χ2v) is 3.80. The zero-order valence-corrected chi connectivity index (χ0v) is 8.36. The lowest BCUT2D eigenvalue weighted by Gasteiger charge is -2.02. The van der Waals surface area contributed by atoms with Gasteiger partial charge in [0, 0.05) is 20.0 Å². The summed E-state index contributed by atoms with van der Waals surface area (Å²) in [5.74, 6) is 1.41. The van der Waals surface area contributed by atoms with Gasteiger partial charge in [0.2, 0.25) is 5.89 Å². The Bertz CT molecular complexity index is 342. The van der Waals surface area contributed by atoms with Crippen molar-refractivity contribution in [1.82, 2.24) is 10.1 Å². The van der Waals surface area contributed by atoms with E-state index in [1.54, 1.807) is 4.90 Å². The number of carbonyl (C=O) groups is 1. The van der Waals surface area contributed by atoms with Crippen LogP contribution in [0.25, 0.3) is 0 Å². The predicted molar refractivity (Wildman–Crippen MR) is 50.1 cm³/mol. The molecule has 0 aliphatic heterocycles. The van der Waals surface area contributed by atoms with E-state index in [9.17, 15) is 4.79 Å². The Morgan fingerprint density at radius 2 is 2.29 bits per heavy atom. The van der Waals surface area contributed by atoms with Gasteiger partial charge in [-0.25, -0.2) is 0 Å². The molecule has 0 aromatic carbocycles. The first-order valence-electron chi connectivity index (χ1n) is 4.69. The van der Waals surface area contributed by atoms with Crippen LogP contribution in [0.4, 0.5) is 5.95 Å². The highest BCUT2D eigenvalue weighted by Gasteiger charge is 2.30. The molecule has 1 aliphatic carbocycles. The van der Waals surface area contributed by atoms with E-state index in [2.05, 4.69) is 10.1 Å². The largest absolute Gasteiger partial charge is 0.344 e. The molecular formula is C9H13N3O2. The summed E-state index contributed by atoms with van der Waals surface area (Å²) in [6, 6.07) is 0. The molecule has 1 heterocycles. The van der Waals surface area contributed by atoms with Crippen LogP contribution in [0.3, 0.4) is 0 Å². The predicted octanol–water partition coefficient (Wildman–Crippen LogP) is 0.657. The van der Waals surface area contributed by atoms with Crippen LogP contribution in [0.5, 0.6) is 0 Å². The van der Waals surface area contributed by atoms with Crippen LogP contribution in [0.1, 0.15) is 18.7 Å². The van der Waals surface area contributed by atoms with Gasteiger partial charge in [0.05, 0.1) is 6.42 Å². The van der Waals surface area contributed by atoms with E-state index in [0.717, 1.165) is 12.8 Å². The first-order valence-corrected chi connectivity index (χ1v) is 4.69. The van der Waals surface area contributed by atoms with Crippen LogP contribution in [-0.4, -0.2) is 30.0 Å². The SMILES string of the molecule is CN(C)c1noc(CC(=O)C2CC2)n1. The number of anilines is 1. The van der Waals surface area contributed by atoms with Gasteiger partial charge in [-0.1, -0.05) is 0 Å². The van der Waals surface area contributed by atoms with Gasteiger partial charge < -0.3 is 9.42 Å². The molecule has 1 saturated carbocycles. The summed E-state index contributed by atoms with van der Waals surface area (Å²) in [5.41, 5.74) is 0. The maximum absolute atomic E-state index is 11.4. The molecule has 1 fully saturated rings. The Hall–Kier alpha value is -1.39. The summed E-state index contributed by atoms with van der Waals surface area (Å²) >= 11 is 0. The zero-order chi connectivity index (χ0) is 10.1. The van der Waals surface area contributed by atoms with Crippen LogP contribution in [0.2, 0.25) is 0 Å². The van der Waals surface area contributed by atoms with E-state index in [0.29, 0.717) is 11.8 Å². The number of hydrogen-bond acceptors (Lipinski definition) is 5. The van der Waals surface area contributed by atoms with E-state index in [-0.39, 0.29) is 18.1 Å². The quantitative estimate of drug-likeness (QED) is 0.706. The average molecular weight is 195 g/mol. The maximum Gasteiger partial charge on any atom is 0.265 e. The summed E-state index contributed by atoms with van der Waals surface area (Å²) in [6.07, 6.45) is 2.33. The minimum atomic E-state index is 0.221. The van der Waals surface area contributed by atoms with E-state index in [1.807, 2.05) is 14.1 Å². The molecule has 0 bridgehead atoms. The van der Waals surface area contributed by atoms with Gasteiger partial charge in [0.1, 0.15) is 5.78 Å². The van der Waals surface area contributed by atoms with Gasteiger partial charge in [-0.2, -0.15) is 4.98 Å². The Balaban J connectivity index is 1.98. The molecule has 0 radical (unpaired) electrons. The van der Waals surface area contributed by atoms with Crippen LogP contribution >= 0.6 is 0 Å². The molecule has 0 unspecified atom stereocenters. The van der Waals surface area contributed by atoms with E-state index in [4.69, 9.17) is 4.52 Å². The normalized spacial score (nSPS) is 15.6. The number of aromatic nitrogens is 2. The van der Waals surface area contributed by atoms with Gasteiger partial charge >= 0.3 is 0 Å². The minimum Gasteiger partial charge on any atom is -0.344 e. The molecule has 0 amide bonds. The minimum absolute atomic E-state index is 0.221. The standard InChI is InChI=1S/C9H13N3O2/c1-12(2)9-10-8(14-11-9)5-7(13)6-3-4-6/h6H,3-5H2,1-2H3. The molecule has 5 heteroatoms. The Labute approximate surface area is 82.1 Å². The summed E-state index contributed by atoms with van der Waals surface area (Å²) in [4.78, 5) is 17.2. The summed E-state index contributed by atoms with van der Waals surface area (Å²) in [5, 5.41) is 3.74. The maximum atomic E-state index is 11.4. The van der Waals surface area contributed by atoms with Crippen molar-refractivity contribution in [2.75, 3.05) is 19.0 Å². The number of Topliss-reactive ketones (excluding diaryl/α,β-unsaturated/α-hetero) is 1. The van der Waals surface area contributed by atoms with Gasteiger partial charge in [-0.3, -0.25) is 4.79 Å². The molecule has 0 N–H and O–H groups in total. The van der Waals surface area contributed by atoms with Crippen molar-refractivity contribution >= 4 is 11.7 Å². The van der Waals surface area contributed by atoms with Crippen molar-refractivity contribution < 1.29 is 9.32 Å². The lowest BCUT2D eigenvalue weighted by molar-refractivity contribution is -0.119. The third kappa shape index (κ3) is 1.92. The van der Waals surface area contributed by atoms with Gasteiger partial charge in [-0.05, 0) is 18.0 Å². The lowest BCUT2D eigenvalue weighted by atomic mass is 10.2. The number of hydrogen-bond donors (Lipinski definition) is 0. The van der Waals surface area contributed by atoms with E-state index < -0.39 is 0 Å². The lowest BCUT2D eigenvalue weighted by Crippen LogP contribution is -2.10. The van der Waals surface area contributed by atoms with Gasteiger partial charge in [0.15, 0.2) is 0 Å². The third-order valence-corrected chi connectivity index (χ3v) is 2.22. The summed E-state index contributed by atoms with van der Waals surface area (Å²) in [7, 11) is 3.66. The van der Waals surface area contributed by atoms with Crippen LogP contribution < -0.4 is 4.90 Å². The third-order valence-electron chi connectivity index (χ3n) is 2.22. The van der Waals surface area contributed by atoms with Crippen molar-refractivity contribution in [2.24, 2.45) is 5.92 Å². The van der Waals surface area contributed by atoms with E-state index >= 15 is 0 Å². The topological polar surface area (TPSA) is 59.2 Å². The Kier molecular flexibility index (Phi) is 2.23. The second-order valence-electron chi connectivity index (χ2n) is 3.80. The molecule has 14 heavy (non-hydrogen) atoms. The van der Waals surface area contributed by atoms with Crippen LogP contribution in [-0.2, 0) is 11.2 Å².